The van der Waals surface area contributed by atoms with E-state index in [1.807, 2.05) is 37.3 Å². The third kappa shape index (κ3) is 7.59. The van der Waals surface area contributed by atoms with Crippen molar-refractivity contribution in [3.63, 3.8) is 0 Å². The minimum Gasteiger partial charge on any atom is -0.395 e. The van der Waals surface area contributed by atoms with Crippen LogP contribution in [0.2, 0.25) is 5.15 Å². The number of aliphatic hydroxyl groups is 1. The first-order valence-corrected chi connectivity index (χ1v) is 15.7. The van der Waals surface area contributed by atoms with Crippen LogP contribution in [-0.4, -0.2) is 61.4 Å². The predicted molar refractivity (Wildman–Crippen MR) is 154 cm³/mol. The van der Waals surface area contributed by atoms with E-state index in [4.69, 9.17) is 31.1 Å². The van der Waals surface area contributed by atoms with Crippen LogP contribution in [0.1, 0.15) is 39.0 Å². The lowest BCUT2D eigenvalue weighted by Crippen LogP contribution is -2.26. The number of benzene rings is 1. The lowest BCUT2D eigenvalue weighted by molar-refractivity contribution is -0.119. The lowest BCUT2D eigenvalue weighted by Gasteiger charge is -2.22. The molecule has 2 aromatic heterocycles. The van der Waals surface area contributed by atoms with Gasteiger partial charge in [-0.1, -0.05) is 60.6 Å². The number of carbonyl (C=O) groups excluding carboxylic acids is 1. The lowest BCUT2D eigenvalue weighted by atomic mass is 9.97. The number of thioether (sulfide) groups is 1. The number of aliphatic hydroxyl groups excluding tert-OH is 1. The number of carbonyl (C=O) groups is 1. The van der Waals surface area contributed by atoms with E-state index in [0.29, 0.717) is 17.6 Å². The summed E-state index contributed by atoms with van der Waals surface area (Å²) in [4.78, 5) is 24.8. The molecule has 3 heterocycles. The van der Waals surface area contributed by atoms with Crippen molar-refractivity contribution in [2.24, 2.45) is 11.3 Å². The van der Waals surface area contributed by atoms with Gasteiger partial charge in [-0.3, -0.25) is 18.4 Å². The number of ether oxygens (including phenoxy) is 1. The molecule has 4 rings (SSSR count). The molecule has 0 bridgehead atoms. The summed E-state index contributed by atoms with van der Waals surface area (Å²) in [5, 5.41) is 12.3. The molecule has 1 aliphatic heterocycles. The number of nitrogens with two attached hydrogens (primary N) is 1. The van der Waals surface area contributed by atoms with E-state index in [2.05, 4.69) is 20.0 Å². The summed E-state index contributed by atoms with van der Waals surface area (Å²) >= 11 is 7.19. The van der Waals surface area contributed by atoms with Crippen molar-refractivity contribution < 1.29 is 28.3 Å². The number of halogens is 1. The number of hydrogen-bond acceptors (Lipinski definition) is 11. The zero-order chi connectivity index (χ0) is 28.9. The number of rotatable bonds is 13. The van der Waals surface area contributed by atoms with Crippen LogP contribution >= 0.6 is 31.1 Å². The minimum absolute atomic E-state index is 0.00441. The largest absolute Gasteiger partial charge is 0.405 e. The van der Waals surface area contributed by atoms with Crippen LogP contribution < -0.4 is 10.8 Å². The first-order valence-electron chi connectivity index (χ1n) is 12.8. The molecule has 218 valence electrons. The quantitative estimate of drug-likeness (QED) is 0.143. The van der Waals surface area contributed by atoms with Gasteiger partial charge in [0.05, 0.1) is 37.7 Å². The van der Waals surface area contributed by atoms with Gasteiger partial charge in [0, 0.05) is 18.2 Å². The molecule has 15 heteroatoms. The Morgan fingerprint density at radius 3 is 2.80 bits per heavy atom. The van der Waals surface area contributed by atoms with Gasteiger partial charge in [-0.25, -0.2) is 14.6 Å². The second kappa shape index (κ2) is 13.3. The number of nitrogen functional groups attached to an aromatic ring is 1. The molecule has 12 nitrogen and oxygen atoms in total. The molecule has 4 atom stereocenters. The normalized spacial score (nSPS) is 21.1. The first kappa shape index (κ1) is 30.9. The predicted octanol–water partition coefficient (Wildman–Crippen LogP) is 4.19. The number of nitrogens with zero attached hydrogens (tertiary/aromatic N) is 4. The van der Waals surface area contributed by atoms with E-state index in [-0.39, 0.29) is 60.4 Å². The Hall–Kier alpha value is -2.09. The topological polar surface area (TPSA) is 164 Å². The van der Waals surface area contributed by atoms with Crippen LogP contribution in [0.3, 0.4) is 0 Å². The maximum absolute atomic E-state index is 13.7. The first-order chi connectivity index (χ1) is 19.0. The molecule has 4 N–H and O–H groups in total. The summed E-state index contributed by atoms with van der Waals surface area (Å²) in [7, 11) is -3.77. The van der Waals surface area contributed by atoms with Gasteiger partial charge < -0.3 is 15.6 Å². The van der Waals surface area contributed by atoms with Gasteiger partial charge in [-0.05, 0) is 25.8 Å². The van der Waals surface area contributed by atoms with Gasteiger partial charge in [0.2, 0.25) is 5.95 Å². The third-order valence-electron chi connectivity index (χ3n) is 6.40. The molecule has 0 saturated carbocycles. The van der Waals surface area contributed by atoms with Crippen molar-refractivity contribution in [2.75, 3.05) is 31.3 Å². The Morgan fingerprint density at radius 1 is 1.32 bits per heavy atom. The van der Waals surface area contributed by atoms with E-state index in [1.165, 1.54) is 0 Å². The molecule has 0 spiro atoms. The van der Waals surface area contributed by atoms with Crippen LogP contribution in [0.4, 0.5) is 5.95 Å². The molecule has 1 fully saturated rings. The van der Waals surface area contributed by atoms with Crippen molar-refractivity contribution in [1.82, 2.24) is 24.6 Å². The zero-order valence-electron chi connectivity index (χ0n) is 22.5. The van der Waals surface area contributed by atoms with E-state index in [0.717, 1.165) is 17.3 Å². The summed E-state index contributed by atoms with van der Waals surface area (Å²) in [5.74, 6) is 0.339. The van der Waals surface area contributed by atoms with E-state index >= 15 is 0 Å². The molecule has 3 aromatic rings. The van der Waals surface area contributed by atoms with Gasteiger partial charge in [-0.15, -0.1) is 0 Å². The SMILES string of the molecule is CC1CC(COP(=O)(NCc2ccccc2)OCCSC(=O)C(C)(C)CO)OC1n1cnc2c(Cl)nc(N)nc21. The van der Waals surface area contributed by atoms with Crippen LogP contribution in [-0.2, 0) is 29.7 Å². The fourth-order valence-corrected chi connectivity index (χ4v) is 6.57. The van der Waals surface area contributed by atoms with Gasteiger partial charge in [-0.2, -0.15) is 9.97 Å². The average Bonchev–Trinajstić information content (AvgIpc) is 3.52. The number of imidazole rings is 1. The molecule has 1 saturated heterocycles. The van der Waals surface area contributed by atoms with Crippen molar-refractivity contribution in [3.05, 3.63) is 47.4 Å². The highest BCUT2D eigenvalue weighted by molar-refractivity contribution is 8.13. The molecule has 0 amide bonds. The maximum Gasteiger partial charge on any atom is 0.405 e. The van der Waals surface area contributed by atoms with Crippen molar-refractivity contribution in [2.45, 2.75) is 46.1 Å². The van der Waals surface area contributed by atoms with Gasteiger partial charge >= 0.3 is 7.75 Å². The molecule has 0 radical (unpaired) electrons. The van der Waals surface area contributed by atoms with Crippen LogP contribution in [0.15, 0.2) is 36.7 Å². The molecule has 40 heavy (non-hydrogen) atoms. The van der Waals surface area contributed by atoms with Crippen molar-refractivity contribution >= 4 is 53.3 Å². The monoisotopic (exact) mass is 612 g/mol. The van der Waals surface area contributed by atoms with Crippen LogP contribution in [0, 0.1) is 11.3 Å². The van der Waals surface area contributed by atoms with Crippen LogP contribution in [0.25, 0.3) is 11.2 Å². The minimum atomic E-state index is -3.77. The molecule has 0 aliphatic carbocycles. The standard InChI is InChI=1S/C25H34ClN6O6PS/c1-16-11-18(38-22(16)32-15-28-19-20(26)30-24(27)31-21(19)32)13-37-39(35,29-12-17-7-5-4-6-8-17)36-9-10-40-23(34)25(2,3)14-33/h4-8,15-16,18,22,33H,9-14H2,1-3H3,(H,29,35)(H2,27,30,31). The van der Waals surface area contributed by atoms with Gasteiger partial charge in [0.1, 0.15) is 11.7 Å². The molecule has 4 unspecified atom stereocenters. The summed E-state index contributed by atoms with van der Waals surface area (Å²) in [5.41, 5.74) is 6.71. The van der Waals surface area contributed by atoms with E-state index in [9.17, 15) is 14.5 Å². The van der Waals surface area contributed by atoms with E-state index < -0.39 is 19.4 Å². The maximum atomic E-state index is 13.7. The number of nitrogens with one attached hydrogen (secondary N) is 1. The highest BCUT2D eigenvalue weighted by Gasteiger charge is 2.37. The highest BCUT2D eigenvalue weighted by atomic mass is 35.5. The van der Waals surface area contributed by atoms with Crippen molar-refractivity contribution in [3.8, 4) is 0 Å². The summed E-state index contributed by atoms with van der Waals surface area (Å²) in [6.45, 7) is 5.36. The van der Waals surface area contributed by atoms with Gasteiger partial charge in [0.15, 0.2) is 15.9 Å². The highest BCUT2D eigenvalue weighted by Crippen LogP contribution is 2.46. The average molecular weight is 613 g/mol. The Morgan fingerprint density at radius 2 is 2.08 bits per heavy atom. The Bertz CT molecular complexity index is 1360. The number of fused-ring (bicyclic) bond motifs is 1. The second-order valence-corrected chi connectivity index (χ2v) is 13.4. The number of aromatic nitrogens is 4. The fourth-order valence-electron chi connectivity index (χ4n) is 4.09. The molecule has 1 aromatic carbocycles. The van der Waals surface area contributed by atoms with E-state index in [1.54, 1.807) is 24.7 Å². The van der Waals surface area contributed by atoms with Crippen LogP contribution in [0.5, 0.6) is 0 Å². The van der Waals surface area contributed by atoms with Gasteiger partial charge in [0.25, 0.3) is 0 Å². The number of anilines is 1. The molecule has 1 aliphatic rings. The summed E-state index contributed by atoms with van der Waals surface area (Å²) < 4.78 is 33.2. The molecular formula is C25H34ClN6O6PS. The summed E-state index contributed by atoms with van der Waals surface area (Å²) in [6, 6.07) is 9.45. The number of hydrogen-bond donors (Lipinski definition) is 3. The summed E-state index contributed by atoms with van der Waals surface area (Å²) in [6.07, 6.45) is 1.40. The molecular weight excluding hydrogens is 579 g/mol. The Balaban J connectivity index is 1.39. The Kier molecular flexibility index (Phi) is 10.2. The smallest absolute Gasteiger partial charge is 0.395 e. The Labute approximate surface area is 241 Å². The fraction of sp³-hybridized carbons (Fsp3) is 0.520. The third-order valence-corrected chi connectivity index (χ3v) is 9.41. The zero-order valence-corrected chi connectivity index (χ0v) is 25.0. The second-order valence-electron chi connectivity index (χ2n) is 10.2. The van der Waals surface area contributed by atoms with Crippen molar-refractivity contribution in [1.29, 1.82) is 0 Å².